The normalized spacial score (nSPS) is 16.5. The highest BCUT2D eigenvalue weighted by atomic mass is 127. The number of carbonyl (C=O) groups excluding carboxylic acids is 1. The molecule has 0 unspecified atom stereocenters. The fraction of sp³-hybridized carbons (Fsp3) is 0.579. The predicted molar refractivity (Wildman–Crippen MR) is 127 cm³/mol. The van der Waals surface area contributed by atoms with Crippen LogP contribution in [0.5, 0.6) is 0 Å². The molecule has 0 aliphatic carbocycles. The molecule has 1 aromatic carbocycles. The molecule has 0 bridgehead atoms. The van der Waals surface area contributed by atoms with Gasteiger partial charge in [-0.2, -0.15) is 11.8 Å². The van der Waals surface area contributed by atoms with Crippen molar-refractivity contribution in [1.82, 2.24) is 15.5 Å². The molecule has 8 heteroatoms. The Hall–Kier alpha value is -1.16. The summed E-state index contributed by atoms with van der Waals surface area (Å²) in [4.78, 5) is 18.5. The van der Waals surface area contributed by atoms with Crippen LogP contribution >= 0.6 is 35.7 Å². The number of urea groups is 1. The Morgan fingerprint density at radius 2 is 1.96 bits per heavy atom. The van der Waals surface area contributed by atoms with Crippen LogP contribution in [0.4, 0.5) is 10.5 Å². The molecule has 152 valence electrons. The van der Waals surface area contributed by atoms with Gasteiger partial charge in [-0.15, -0.1) is 24.0 Å². The lowest BCUT2D eigenvalue weighted by Gasteiger charge is -2.39. The topological polar surface area (TPSA) is 68.8 Å². The zero-order valence-electron chi connectivity index (χ0n) is 16.8. The molecule has 1 aromatic rings. The van der Waals surface area contributed by atoms with Crippen molar-refractivity contribution in [1.29, 1.82) is 0 Å². The number of halogens is 1. The lowest BCUT2D eigenvalue weighted by Crippen LogP contribution is -2.50. The lowest BCUT2D eigenvalue weighted by molar-refractivity contribution is 0.250. The monoisotopic (exact) mass is 505 g/mol. The second-order valence-corrected chi connectivity index (χ2v) is 9.18. The fourth-order valence-electron chi connectivity index (χ4n) is 2.85. The third kappa shape index (κ3) is 8.16. The minimum absolute atomic E-state index is 0. The number of nitrogens with zero attached hydrogens (tertiary/aromatic N) is 2. The largest absolute Gasteiger partial charge is 0.352 e. The van der Waals surface area contributed by atoms with Crippen LogP contribution in [0.2, 0.25) is 0 Å². The van der Waals surface area contributed by atoms with Gasteiger partial charge in [0.1, 0.15) is 0 Å². The van der Waals surface area contributed by atoms with Crippen molar-refractivity contribution in [3.63, 3.8) is 0 Å². The number of carbonyl (C=O) groups is 1. The Morgan fingerprint density at radius 3 is 2.52 bits per heavy atom. The molecule has 2 rings (SSSR count). The summed E-state index contributed by atoms with van der Waals surface area (Å²) in [6.45, 7) is 11.1. The van der Waals surface area contributed by atoms with Gasteiger partial charge in [-0.3, -0.25) is 4.99 Å². The molecule has 1 saturated heterocycles. The predicted octanol–water partition coefficient (Wildman–Crippen LogP) is 3.74. The summed E-state index contributed by atoms with van der Waals surface area (Å²) in [5.41, 5.74) is 1.93. The van der Waals surface area contributed by atoms with E-state index in [2.05, 4.69) is 39.7 Å². The SMILES string of the molecule is CN=C(NCc1ccc(NC(=O)NC(C)C)cc1)N1CCSC(C)(C)C1.I. The maximum Gasteiger partial charge on any atom is 0.319 e. The molecule has 0 atom stereocenters. The number of hydrogen-bond acceptors (Lipinski definition) is 3. The summed E-state index contributed by atoms with van der Waals surface area (Å²) in [7, 11) is 1.83. The zero-order valence-corrected chi connectivity index (χ0v) is 20.0. The first-order chi connectivity index (χ1) is 12.3. The number of anilines is 1. The molecule has 0 aromatic heterocycles. The molecule has 6 nitrogen and oxygen atoms in total. The van der Waals surface area contributed by atoms with Gasteiger partial charge in [0.05, 0.1) is 0 Å². The molecule has 0 spiro atoms. The Balaban J connectivity index is 0.00000364. The van der Waals surface area contributed by atoms with Crippen LogP contribution in [-0.4, -0.2) is 53.6 Å². The van der Waals surface area contributed by atoms with Crippen LogP contribution in [-0.2, 0) is 6.54 Å². The van der Waals surface area contributed by atoms with Crippen LogP contribution in [0.1, 0.15) is 33.3 Å². The fourth-order valence-corrected chi connectivity index (χ4v) is 3.96. The molecular weight excluding hydrogens is 473 g/mol. The summed E-state index contributed by atoms with van der Waals surface area (Å²) in [5, 5.41) is 9.09. The third-order valence-corrected chi connectivity index (χ3v) is 5.32. The van der Waals surface area contributed by atoms with Crippen molar-refractivity contribution in [2.75, 3.05) is 31.2 Å². The van der Waals surface area contributed by atoms with E-state index < -0.39 is 0 Å². The van der Waals surface area contributed by atoms with E-state index in [0.717, 1.165) is 36.1 Å². The highest BCUT2D eigenvalue weighted by Crippen LogP contribution is 2.29. The van der Waals surface area contributed by atoms with Gasteiger partial charge >= 0.3 is 6.03 Å². The average molecular weight is 505 g/mol. The average Bonchev–Trinajstić information content (AvgIpc) is 2.55. The highest BCUT2D eigenvalue weighted by Gasteiger charge is 2.28. The number of benzene rings is 1. The Bertz CT molecular complexity index is 633. The van der Waals surface area contributed by atoms with Crippen LogP contribution in [0.25, 0.3) is 0 Å². The van der Waals surface area contributed by atoms with Crippen molar-refractivity contribution in [3.05, 3.63) is 29.8 Å². The van der Waals surface area contributed by atoms with Crippen LogP contribution < -0.4 is 16.0 Å². The van der Waals surface area contributed by atoms with E-state index in [4.69, 9.17) is 0 Å². The molecule has 1 fully saturated rings. The number of guanidine groups is 1. The van der Waals surface area contributed by atoms with Crippen molar-refractivity contribution in [2.45, 2.75) is 45.0 Å². The summed E-state index contributed by atoms with van der Waals surface area (Å²) in [6.07, 6.45) is 0. The van der Waals surface area contributed by atoms with E-state index in [9.17, 15) is 4.79 Å². The highest BCUT2D eigenvalue weighted by molar-refractivity contribution is 14.0. The standard InChI is InChI=1S/C19H31N5OS.HI/c1-14(2)22-18(25)23-16-8-6-15(7-9-16)12-21-17(20-5)24-10-11-26-19(3,4)13-24;/h6-9,14H,10-13H2,1-5H3,(H,20,21)(H2,22,23,25);1H. The van der Waals surface area contributed by atoms with Crippen molar-refractivity contribution < 1.29 is 4.79 Å². The van der Waals surface area contributed by atoms with Crippen molar-refractivity contribution in [2.24, 2.45) is 4.99 Å². The third-order valence-electron chi connectivity index (χ3n) is 4.02. The van der Waals surface area contributed by atoms with E-state index in [1.54, 1.807) is 0 Å². The van der Waals surface area contributed by atoms with Crippen molar-refractivity contribution in [3.8, 4) is 0 Å². The minimum atomic E-state index is -0.183. The quantitative estimate of drug-likeness (QED) is 0.332. The maximum atomic E-state index is 11.7. The maximum absolute atomic E-state index is 11.7. The number of nitrogens with one attached hydrogen (secondary N) is 3. The van der Waals surface area contributed by atoms with E-state index in [-0.39, 0.29) is 40.8 Å². The molecular formula is C19H32IN5OS. The number of rotatable bonds is 4. The Kier molecular flexibility index (Phi) is 9.72. The van der Waals surface area contributed by atoms with Gasteiger partial charge in [0.15, 0.2) is 5.96 Å². The first-order valence-electron chi connectivity index (χ1n) is 9.05. The van der Waals surface area contributed by atoms with Gasteiger partial charge < -0.3 is 20.9 Å². The van der Waals surface area contributed by atoms with E-state index in [1.165, 1.54) is 0 Å². The number of amides is 2. The Labute approximate surface area is 184 Å². The van der Waals surface area contributed by atoms with E-state index in [1.807, 2.05) is 56.9 Å². The molecule has 1 heterocycles. The van der Waals surface area contributed by atoms with Gasteiger partial charge in [0.25, 0.3) is 0 Å². The summed E-state index contributed by atoms with van der Waals surface area (Å²) in [5.74, 6) is 2.06. The van der Waals surface area contributed by atoms with Gasteiger partial charge in [-0.1, -0.05) is 12.1 Å². The molecule has 2 amide bonds. The molecule has 1 aliphatic heterocycles. The van der Waals surface area contributed by atoms with Gasteiger partial charge in [-0.05, 0) is 45.4 Å². The summed E-state index contributed by atoms with van der Waals surface area (Å²) in [6, 6.07) is 7.80. The van der Waals surface area contributed by atoms with E-state index in [0.29, 0.717) is 6.54 Å². The van der Waals surface area contributed by atoms with Crippen LogP contribution in [0.3, 0.4) is 0 Å². The first-order valence-corrected chi connectivity index (χ1v) is 10.0. The number of thioether (sulfide) groups is 1. The first kappa shape index (κ1) is 23.9. The second-order valence-electron chi connectivity index (χ2n) is 7.38. The van der Waals surface area contributed by atoms with Gasteiger partial charge in [0, 0.05) is 48.9 Å². The van der Waals surface area contributed by atoms with Crippen molar-refractivity contribution >= 4 is 53.4 Å². The molecule has 27 heavy (non-hydrogen) atoms. The molecule has 1 aliphatic rings. The summed E-state index contributed by atoms with van der Waals surface area (Å²) < 4.78 is 0.250. The molecule has 3 N–H and O–H groups in total. The zero-order chi connectivity index (χ0) is 19.2. The number of hydrogen-bond donors (Lipinski definition) is 3. The van der Waals surface area contributed by atoms with E-state index >= 15 is 0 Å². The van der Waals surface area contributed by atoms with Gasteiger partial charge in [0.2, 0.25) is 0 Å². The lowest BCUT2D eigenvalue weighted by atomic mass is 10.2. The molecule has 0 saturated carbocycles. The minimum Gasteiger partial charge on any atom is -0.352 e. The molecule has 0 radical (unpaired) electrons. The van der Waals surface area contributed by atoms with Crippen LogP contribution in [0.15, 0.2) is 29.3 Å². The summed E-state index contributed by atoms with van der Waals surface area (Å²) >= 11 is 2.01. The second kappa shape index (κ2) is 11.0. The van der Waals surface area contributed by atoms with Gasteiger partial charge in [-0.25, -0.2) is 4.79 Å². The Morgan fingerprint density at radius 1 is 1.30 bits per heavy atom. The number of aliphatic imine (C=N–C) groups is 1. The van der Waals surface area contributed by atoms with Crippen LogP contribution in [0, 0.1) is 0 Å². The smallest absolute Gasteiger partial charge is 0.319 e.